The van der Waals surface area contributed by atoms with Crippen molar-refractivity contribution in [1.82, 2.24) is 9.21 Å². The smallest absolute Gasteiger partial charge is 0.211 e. The van der Waals surface area contributed by atoms with Crippen molar-refractivity contribution in [3.05, 3.63) is 35.6 Å². The van der Waals surface area contributed by atoms with Crippen molar-refractivity contribution >= 4 is 10.0 Å². The molecule has 7 heteroatoms. The van der Waals surface area contributed by atoms with Crippen LogP contribution in [0.5, 0.6) is 0 Å². The molecule has 0 amide bonds. The standard InChI is InChI=1S/C14H22FN3O2S/c1-11(16)14(12-3-5-13(15)6-4-12)17-7-9-18(10-8-17)21(2,19)20/h3-6,11,14H,7-10,16H2,1-2H3. The average Bonchev–Trinajstić information content (AvgIpc) is 2.40. The van der Waals surface area contributed by atoms with E-state index in [-0.39, 0.29) is 17.9 Å². The Bertz CT molecular complexity index is 566. The number of hydrogen-bond donors (Lipinski definition) is 1. The van der Waals surface area contributed by atoms with E-state index in [1.807, 2.05) is 6.92 Å². The lowest BCUT2D eigenvalue weighted by molar-refractivity contribution is 0.124. The van der Waals surface area contributed by atoms with E-state index in [0.717, 1.165) is 5.56 Å². The number of sulfonamides is 1. The number of nitrogens with two attached hydrogens (primary N) is 1. The summed E-state index contributed by atoms with van der Waals surface area (Å²) in [4.78, 5) is 2.17. The highest BCUT2D eigenvalue weighted by Gasteiger charge is 2.30. The maximum absolute atomic E-state index is 13.1. The van der Waals surface area contributed by atoms with E-state index < -0.39 is 10.0 Å². The molecule has 1 aliphatic rings. The fourth-order valence-corrected chi connectivity index (χ4v) is 3.65. The van der Waals surface area contributed by atoms with Gasteiger partial charge in [0.25, 0.3) is 0 Å². The predicted octanol–water partition coefficient (Wildman–Crippen LogP) is 0.791. The monoisotopic (exact) mass is 315 g/mol. The van der Waals surface area contributed by atoms with Gasteiger partial charge in [0, 0.05) is 38.3 Å². The Morgan fingerprint density at radius 1 is 1.14 bits per heavy atom. The first-order chi connectivity index (χ1) is 9.79. The van der Waals surface area contributed by atoms with Crippen molar-refractivity contribution < 1.29 is 12.8 Å². The molecule has 21 heavy (non-hydrogen) atoms. The second kappa shape index (κ2) is 6.39. The summed E-state index contributed by atoms with van der Waals surface area (Å²) in [5, 5.41) is 0. The van der Waals surface area contributed by atoms with Crippen LogP contribution in [0.4, 0.5) is 4.39 Å². The lowest BCUT2D eigenvalue weighted by Gasteiger charge is -2.40. The van der Waals surface area contributed by atoms with E-state index in [2.05, 4.69) is 4.90 Å². The molecule has 1 fully saturated rings. The molecule has 2 unspecified atom stereocenters. The molecular formula is C14H22FN3O2S. The van der Waals surface area contributed by atoms with Gasteiger partial charge in [-0.2, -0.15) is 4.31 Å². The Balaban J connectivity index is 2.12. The zero-order chi connectivity index (χ0) is 15.6. The summed E-state index contributed by atoms with van der Waals surface area (Å²) < 4.78 is 37.6. The van der Waals surface area contributed by atoms with E-state index in [1.54, 1.807) is 12.1 Å². The second-order valence-electron chi connectivity index (χ2n) is 5.55. The highest BCUT2D eigenvalue weighted by Crippen LogP contribution is 2.25. The number of rotatable bonds is 4. The Morgan fingerprint density at radius 3 is 2.10 bits per heavy atom. The Labute approximate surface area is 125 Å². The minimum atomic E-state index is -3.14. The molecule has 1 aromatic carbocycles. The van der Waals surface area contributed by atoms with Crippen LogP contribution in [0.2, 0.25) is 0 Å². The van der Waals surface area contributed by atoms with Gasteiger partial charge in [-0.1, -0.05) is 12.1 Å². The van der Waals surface area contributed by atoms with Crippen LogP contribution in [-0.2, 0) is 10.0 Å². The lowest BCUT2D eigenvalue weighted by atomic mass is 9.98. The fourth-order valence-electron chi connectivity index (χ4n) is 2.82. The van der Waals surface area contributed by atoms with Gasteiger partial charge in [-0.25, -0.2) is 12.8 Å². The van der Waals surface area contributed by atoms with E-state index in [1.165, 1.54) is 22.7 Å². The molecule has 0 saturated carbocycles. The van der Waals surface area contributed by atoms with Gasteiger partial charge in [-0.15, -0.1) is 0 Å². The number of halogens is 1. The number of benzene rings is 1. The highest BCUT2D eigenvalue weighted by molar-refractivity contribution is 7.88. The number of hydrogen-bond acceptors (Lipinski definition) is 4. The van der Waals surface area contributed by atoms with Crippen LogP contribution < -0.4 is 5.73 Å². The fraction of sp³-hybridized carbons (Fsp3) is 0.571. The molecule has 1 saturated heterocycles. The minimum absolute atomic E-state index is 0.0349. The molecule has 1 heterocycles. The summed E-state index contributed by atoms with van der Waals surface area (Å²) in [6.45, 7) is 4.08. The topological polar surface area (TPSA) is 66.6 Å². The molecule has 118 valence electrons. The van der Waals surface area contributed by atoms with Gasteiger partial charge < -0.3 is 5.73 Å². The maximum atomic E-state index is 13.1. The lowest BCUT2D eigenvalue weighted by Crippen LogP contribution is -2.52. The summed E-state index contributed by atoms with van der Waals surface area (Å²) >= 11 is 0. The van der Waals surface area contributed by atoms with E-state index in [9.17, 15) is 12.8 Å². The third-order valence-electron chi connectivity index (χ3n) is 3.85. The molecule has 2 N–H and O–H groups in total. The van der Waals surface area contributed by atoms with E-state index in [4.69, 9.17) is 5.73 Å². The van der Waals surface area contributed by atoms with Crippen molar-refractivity contribution in [3.63, 3.8) is 0 Å². The van der Waals surface area contributed by atoms with Gasteiger partial charge in [0.15, 0.2) is 0 Å². The highest BCUT2D eigenvalue weighted by atomic mass is 32.2. The maximum Gasteiger partial charge on any atom is 0.211 e. The molecule has 0 spiro atoms. The summed E-state index contributed by atoms with van der Waals surface area (Å²) in [6.07, 6.45) is 1.23. The molecule has 0 aliphatic carbocycles. The molecule has 5 nitrogen and oxygen atoms in total. The van der Waals surface area contributed by atoms with Crippen molar-refractivity contribution in [2.45, 2.75) is 19.0 Å². The molecule has 0 radical (unpaired) electrons. The Hall–Kier alpha value is -1.02. The van der Waals surface area contributed by atoms with Crippen LogP contribution in [0, 0.1) is 5.82 Å². The Kier molecular flexibility index (Phi) is 4.98. The number of nitrogens with zero attached hydrogens (tertiary/aromatic N) is 2. The minimum Gasteiger partial charge on any atom is -0.326 e. The van der Waals surface area contributed by atoms with Crippen molar-refractivity contribution in [2.75, 3.05) is 32.4 Å². The first-order valence-electron chi connectivity index (χ1n) is 6.99. The zero-order valence-electron chi connectivity index (χ0n) is 12.4. The SMILES string of the molecule is CC(N)C(c1ccc(F)cc1)N1CCN(S(C)(=O)=O)CC1. The van der Waals surface area contributed by atoms with Crippen LogP contribution in [0.15, 0.2) is 24.3 Å². The van der Waals surface area contributed by atoms with Crippen LogP contribution in [0.1, 0.15) is 18.5 Å². The van der Waals surface area contributed by atoms with Crippen LogP contribution in [0.25, 0.3) is 0 Å². The van der Waals surface area contributed by atoms with E-state index >= 15 is 0 Å². The normalized spacial score (nSPS) is 21.1. The molecule has 2 atom stereocenters. The third-order valence-corrected chi connectivity index (χ3v) is 5.15. The quantitative estimate of drug-likeness (QED) is 0.892. The van der Waals surface area contributed by atoms with E-state index in [0.29, 0.717) is 26.2 Å². The van der Waals surface area contributed by atoms with Gasteiger partial charge in [0.2, 0.25) is 10.0 Å². The molecular weight excluding hydrogens is 293 g/mol. The second-order valence-corrected chi connectivity index (χ2v) is 7.54. The summed E-state index contributed by atoms with van der Waals surface area (Å²) in [6, 6.07) is 6.18. The summed E-state index contributed by atoms with van der Waals surface area (Å²) in [5.74, 6) is -0.274. The van der Waals surface area contributed by atoms with Gasteiger partial charge in [-0.05, 0) is 24.6 Å². The largest absolute Gasteiger partial charge is 0.326 e. The zero-order valence-corrected chi connectivity index (χ0v) is 13.2. The van der Waals surface area contributed by atoms with Crippen LogP contribution >= 0.6 is 0 Å². The van der Waals surface area contributed by atoms with Gasteiger partial charge in [-0.3, -0.25) is 4.90 Å². The molecule has 0 aromatic heterocycles. The van der Waals surface area contributed by atoms with Gasteiger partial charge in [0.1, 0.15) is 5.82 Å². The molecule has 2 rings (SSSR count). The summed E-state index contributed by atoms with van der Waals surface area (Å²) in [5.41, 5.74) is 7.05. The Morgan fingerprint density at radius 2 is 1.67 bits per heavy atom. The van der Waals surface area contributed by atoms with Crippen molar-refractivity contribution in [3.8, 4) is 0 Å². The average molecular weight is 315 g/mol. The van der Waals surface area contributed by atoms with Crippen LogP contribution in [-0.4, -0.2) is 56.1 Å². The summed E-state index contributed by atoms with van der Waals surface area (Å²) in [7, 11) is -3.14. The number of piperazine rings is 1. The van der Waals surface area contributed by atoms with Crippen molar-refractivity contribution in [2.24, 2.45) is 5.73 Å². The third kappa shape index (κ3) is 4.00. The predicted molar refractivity (Wildman–Crippen MR) is 80.8 cm³/mol. The van der Waals surface area contributed by atoms with Gasteiger partial charge in [0.05, 0.1) is 6.26 Å². The van der Waals surface area contributed by atoms with Crippen molar-refractivity contribution in [1.29, 1.82) is 0 Å². The first-order valence-corrected chi connectivity index (χ1v) is 8.84. The first kappa shape index (κ1) is 16.4. The molecule has 0 bridgehead atoms. The van der Waals surface area contributed by atoms with Gasteiger partial charge >= 0.3 is 0 Å². The molecule has 1 aromatic rings. The van der Waals surface area contributed by atoms with Crippen LogP contribution in [0.3, 0.4) is 0 Å². The molecule has 1 aliphatic heterocycles.